The summed E-state index contributed by atoms with van der Waals surface area (Å²) in [5.41, 5.74) is 4.53. The predicted octanol–water partition coefficient (Wildman–Crippen LogP) is 5.25. The Labute approximate surface area is 196 Å². The van der Waals surface area contributed by atoms with Crippen molar-refractivity contribution in [3.63, 3.8) is 0 Å². The Hall–Kier alpha value is -3.15. The largest absolute Gasteiger partial charge is 0.371 e. The van der Waals surface area contributed by atoms with Gasteiger partial charge in [-0.2, -0.15) is 4.98 Å². The molecular weight excluding hydrogens is 412 g/mol. The van der Waals surface area contributed by atoms with Crippen LogP contribution in [0.4, 0.5) is 5.69 Å². The fourth-order valence-electron chi connectivity index (χ4n) is 4.40. The maximum atomic E-state index is 13.6. The van der Waals surface area contributed by atoms with Crippen molar-refractivity contribution >= 4 is 11.6 Å². The number of amides is 1. The van der Waals surface area contributed by atoms with Gasteiger partial charge in [0.05, 0.1) is 5.92 Å². The molecule has 1 amide bonds. The van der Waals surface area contributed by atoms with Crippen molar-refractivity contribution in [3.05, 3.63) is 65.5 Å². The summed E-state index contributed by atoms with van der Waals surface area (Å²) in [7, 11) is 0. The first-order valence-electron chi connectivity index (χ1n) is 11.9. The average Bonchev–Trinajstić information content (AvgIpc) is 3.27. The Morgan fingerprint density at radius 3 is 2.42 bits per heavy atom. The minimum atomic E-state index is -0.0294. The Balaban J connectivity index is 1.47. The number of piperidine rings is 1. The maximum Gasteiger partial charge on any atom is 0.246 e. The lowest BCUT2D eigenvalue weighted by Gasteiger charge is -2.36. The number of hydrogen-bond acceptors (Lipinski definition) is 5. The number of carbonyl (C=O) groups is 1. The molecule has 1 aliphatic rings. The summed E-state index contributed by atoms with van der Waals surface area (Å²) < 4.78 is 5.54. The molecule has 0 bridgehead atoms. The Bertz CT molecular complexity index is 1060. The fraction of sp³-hybridized carbons (Fsp3) is 0.444. The molecular formula is C27H34N4O2. The van der Waals surface area contributed by atoms with Crippen LogP contribution in [0, 0.1) is 25.7 Å². The minimum absolute atomic E-state index is 0.0294. The van der Waals surface area contributed by atoms with Gasteiger partial charge in [-0.15, -0.1) is 0 Å². The van der Waals surface area contributed by atoms with E-state index in [0.29, 0.717) is 30.7 Å². The van der Waals surface area contributed by atoms with Gasteiger partial charge in [-0.3, -0.25) is 4.79 Å². The van der Waals surface area contributed by atoms with E-state index >= 15 is 0 Å². The third kappa shape index (κ3) is 5.81. The molecule has 0 N–H and O–H groups in total. The second kappa shape index (κ2) is 10.2. The zero-order valence-corrected chi connectivity index (χ0v) is 20.1. The molecule has 1 aliphatic heterocycles. The highest BCUT2D eigenvalue weighted by molar-refractivity contribution is 5.79. The van der Waals surface area contributed by atoms with E-state index < -0.39 is 0 Å². The van der Waals surface area contributed by atoms with Crippen molar-refractivity contribution in [2.75, 3.05) is 24.5 Å². The van der Waals surface area contributed by atoms with Crippen LogP contribution < -0.4 is 4.90 Å². The standard InChI is InChI=1S/C27H34N4O2/c1-19(2)16-31(18-25-28-26(29-33-25)22-11-7-20(3)8-12-22)27(32)23-6-5-15-30(17-23)24-13-9-21(4)10-14-24/h7-14,19,23H,5-6,15-18H2,1-4H3/t23-/m0/s1. The number of aryl methyl sites for hydroxylation is 2. The maximum absolute atomic E-state index is 13.6. The van der Waals surface area contributed by atoms with E-state index in [1.807, 2.05) is 36.1 Å². The van der Waals surface area contributed by atoms with E-state index in [1.54, 1.807) is 0 Å². The highest BCUT2D eigenvalue weighted by Crippen LogP contribution is 2.26. The number of carbonyl (C=O) groups excluding carboxylic acids is 1. The molecule has 1 fully saturated rings. The van der Waals surface area contributed by atoms with Crippen LogP contribution in [0.3, 0.4) is 0 Å². The minimum Gasteiger partial charge on any atom is -0.371 e. The number of rotatable bonds is 7. The van der Waals surface area contributed by atoms with E-state index in [0.717, 1.165) is 31.5 Å². The summed E-state index contributed by atoms with van der Waals surface area (Å²) >= 11 is 0. The lowest BCUT2D eigenvalue weighted by atomic mass is 9.95. The lowest BCUT2D eigenvalue weighted by Crippen LogP contribution is -2.45. The first-order valence-corrected chi connectivity index (χ1v) is 11.9. The molecule has 2 aromatic carbocycles. The molecule has 33 heavy (non-hydrogen) atoms. The van der Waals surface area contributed by atoms with Crippen LogP contribution in [-0.4, -0.2) is 40.6 Å². The van der Waals surface area contributed by atoms with Gasteiger partial charge < -0.3 is 14.3 Å². The van der Waals surface area contributed by atoms with Crippen LogP contribution in [0.1, 0.15) is 43.7 Å². The van der Waals surface area contributed by atoms with E-state index in [2.05, 4.69) is 60.1 Å². The summed E-state index contributed by atoms with van der Waals surface area (Å²) in [4.78, 5) is 22.4. The highest BCUT2D eigenvalue weighted by atomic mass is 16.5. The Morgan fingerprint density at radius 2 is 1.76 bits per heavy atom. The first kappa shape index (κ1) is 23.0. The highest BCUT2D eigenvalue weighted by Gasteiger charge is 2.30. The van der Waals surface area contributed by atoms with Gasteiger partial charge >= 0.3 is 0 Å². The van der Waals surface area contributed by atoms with Crippen molar-refractivity contribution < 1.29 is 9.32 Å². The van der Waals surface area contributed by atoms with Gasteiger partial charge in [-0.05, 0) is 44.7 Å². The molecule has 174 valence electrons. The van der Waals surface area contributed by atoms with Gasteiger partial charge in [0, 0.05) is 30.9 Å². The average molecular weight is 447 g/mol. The van der Waals surface area contributed by atoms with Crippen LogP contribution in [0.25, 0.3) is 11.4 Å². The molecule has 0 saturated carbocycles. The molecule has 0 radical (unpaired) electrons. The summed E-state index contributed by atoms with van der Waals surface area (Å²) in [5, 5.41) is 4.15. The zero-order valence-electron chi connectivity index (χ0n) is 20.1. The molecule has 0 aliphatic carbocycles. The third-order valence-electron chi connectivity index (χ3n) is 6.17. The van der Waals surface area contributed by atoms with E-state index in [1.165, 1.54) is 16.8 Å². The number of aromatic nitrogens is 2. The molecule has 1 aromatic heterocycles. The molecule has 6 heteroatoms. The summed E-state index contributed by atoms with van der Waals surface area (Å²) in [6.45, 7) is 11.1. The number of nitrogens with zero attached hydrogens (tertiary/aromatic N) is 4. The van der Waals surface area contributed by atoms with Crippen molar-refractivity contribution in [1.29, 1.82) is 0 Å². The SMILES string of the molecule is Cc1ccc(-c2noc(CN(CC(C)C)C(=O)[C@H]3CCCN(c4ccc(C)cc4)C3)n2)cc1. The van der Waals surface area contributed by atoms with E-state index in [9.17, 15) is 4.79 Å². The first-order chi connectivity index (χ1) is 15.9. The second-order valence-corrected chi connectivity index (χ2v) is 9.61. The van der Waals surface area contributed by atoms with E-state index in [4.69, 9.17) is 4.52 Å². The van der Waals surface area contributed by atoms with Crippen molar-refractivity contribution in [2.24, 2.45) is 11.8 Å². The van der Waals surface area contributed by atoms with Gasteiger partial charge in [0.2, 0.25) is 17.6 Å². The predicted molar refractivity (Wildman–Crippen MR) is 131 cm³/mol. The molecule has 3 aromatic rings. The van der Waals surface area contributed by atoms with Gasteiger partial charge in [0.15, 0.2) is 0 Å². The summed E-state index contributed by atoms with van der Waals surface area (Å²) in [6, 6.07) is 16.6. The summed E-state index contributed by atoms with van der Waals surface area (Å²) in [6.07, 6.45) is 1.92. The Kier molecular flexibility index (Phi) is 7.11. The lowest BCUT2D eigenvalue weighted by molar-refractivity contribution is -0.137. The van der Waals surface area contributed by atoms with Crippen molar-refractivity contribution in [2.45, 2.75) is 47.1 Å². The van der Waals surface area contributed by atoms with Gasteiger partial charge in [-0.1, -0.05) is 66.5 Å². The van der Waals surface area contributed by atoms with Crippen LogP contribution in [0.5, 0.6) is 0 Å². The number of benzene rings is 2. The monoisotopic (exact) mass is 446 g/mol. The number of anilines is 1. The zero-order chi connectivity index (χ0) is 23.4. The fourth-order valence-corrected chi connectivity index (χ4v) is 4.40. The topological polar surface area (TPSA) is 62.5 Å². The molecule has 4 rings (SSSR count). The Morgan fingerprint density at radius 1 is 1.09 bits per heavy atom. The molecule has 0 spiro atoms. The number of hydrogen-bond donors (Lipinski definition) is 0. The van der Waals surface area contributed by atoms with Gasteiger partial charge in [-0.25, -0.2) is 0 Å². The van der Waals surface area contributed by atoms with Crippen LogP contribution in [0.2, 0.25) is 0 Å². The molecule has 0 unspecified atom stereocenters. The molecule has 6 nitrogen and oxygen atoms in total. The van der Waals surface area contributed by atoms with Crippen LogP contribution in [-0.2, 0) is 11.3 Å². The van der Waals surface area contributed by atoms with Crippen LogP contribution >= 0.6 is 0 Å². The second-order valence-electron chi connectivity index (χ2n) is 9.61. The molecule has 1 saturated heterocycles. The van der Waals surface area contributed by atoms with Gasteiger partial charge in [0.25, 0.3) is 0 Å². The molecule has 1 atom stereocenters. The van der Waals surface area contributed by atoms with Crippen LogP contribution in [0.15, 0.2) is 53.1 Å². The summed E-state index contributed by atoms with van der Waals surface area (Å²) in [5.74, 6) is 1.54. The molecule has 2 heterocycles. The van der Waals surface area contributed by atoms with Crippen molar-refractivity contribution in [1.82, 2.24) is 15.0 Å². The quantitative estimate of drug-likeness (QED) is 0.496. The smallest absolute Gasteiger partial charge is 0.246 e. The third-order valence-corrected chi connectivity index (χ3v) is 6.17. The van der Waals surface area contributed by atoms with Gasteiger partial charge in [0.1, 0.15) is 6.54 Å². The normalized spacial score (nSPS) is 16.3. The van der Waals surface area contributed by atoms with E-state index in [-0.39, 0.29) is 11.8 Å². The van der Waals surface area contributed by atoms with Crippen molar-refractivity contribution in [3.8, 4) is 11.4 Å².